The number of ether oxygens (including phenoxy) is 1. The highest BCUT2D eigenvalue weighted by Crippen LogP contribution is 2.36. The van der Waals surface area contributed by atoms with Gasteiger partial charge in [-0.15, -0.1) is 0 Å². The molecule has 6 nitrogen and oxygen atoms in total. The van der Waals surface area contributed by atoms with Crippen molar-refractivity contribution >= 4 is 16.6 Å². The molecule has 3 N–H and O–H groups in total. The van der Waals surface area contributed by atoms with Crippen LogP contribution in [-0.2, 0) is 0 Å². The summed E-state index contributed by atoms with van der Waals surface area (Å²) in [4.78, 5) is 4.45. The van der Waals surface area contributed by atoms with Crippen molar-refractivity contribution in [2.75, 3.05) is 25.6 Å². The van der Waals surface area contributed by atoms with Gasteiger partial charge in [0.15, 0.2) is 5.69 Å². The molecule has 1 heterocycles. The lowest BCUT2D eigenvalue weighted by Crippen LogP contribution is -2.23. The number of nitrogens with one attached hydrogen (secondary N) is 1. The van der Waals surface area contributed by atoms with E-state index in [1.165, 1.54) is 0 Å². The van der Waals surface area contributed by atoms with E-state index in [0.717, 1.165) is 21.9 Å². The van der Waals surface area contributed by atoms with Gasteiger partial charge in [-0.3, -0.25) is 0 Å². The molecule has 0 aliphatic heterocycles. The number of nitriles is 1. The molecule has 0 saturated carbocycles. The zero-order valence-corrected chi connectivity index (χ0v) is 14.3. The molecule has 0 spiro atoms. The molecule has 3 rings (SSSR count). The molecule has 0 aliphatic carbocycles. The molecule has 6 heteroatoms. The van der Waals surface area contributed by atoms with Gasteiger partial charge in [-0.25, -0.2) is 4.98 Å². The van der Waals surface area contributed by atoms with Crippen LogP contribution in [0, 0.1) is 11.3 Å². The summed E-state index contributed by atoms with van der Waals surface area (Å²) >= 11 is 0. The van der Waals surface area contributed by atoms with Crippen LogP contribution in [-0.4, -0.2) is 41.6 Å². The predicted octanol–water partition coefficient (Wildman–Crippen LogP) is 2.55. The standard InChI is InChI=1S/C20H19N3O3/c1-26-15-7-8-16-17(9-15)19(13-5-3-2-4-6-13)18(10-21)23-20(16)22-11-14(25)12-24/h2-9,14,24-25H,11-12H2,1H3,(H,22,23)/t14-/m1/s1. The van der Waals surface area contributed by atoms with Crippen molar-refractivity contribution in [1.82, 2.24) is 4.98 Å². The van der Waals surface area contributed by atoms with Gasteiger partial charge in [-0.05, 0) is 29.1 Å². The van der Waals surface area contributed by atoms with E-state index in [2.05, 4.69) is 16.4 Å². The lowest BCUT2D eigenvalue weighted by Gasteiger charge is -2.16. The Bertz CT molecular complexity index is 952. The number of fused-ring (bicyclic) bond motifs is 1. The van der Waals surface area contributed by atoms with Gasteiger partial charge in [0.05, 0.1) is 19.8 Å². The molecule has 0 amide bonds. The normalized spacial score (nSPS) is 11.8. The number of benzene rings is 2. The first-order valence-electron chi connectivity index (χ1n) is 8.18. The molecule has 132 valence electrons. The Morgan fingerprint density at radius 2 is 1.96 bits per heavy atom. The van der Waals surface area contributed by atoms with Gasteiger partial charge < -0.3 is 20.3 Å². The van der Waals surface area contributed by atoms with Crippen LogP contribution in [0.4, 0.5) is 5.82 Å². The van der Waals surface area contributed by atoms with Crippen molar-refractivity contribution < 1.29 is 14.9 Å². The van der Waals surface area contributed by atoms with Gasteiger partial charge in [0, 0.05) is 17.5 Å². The molecule has 1 aromatic heterocycles. The predicted molar refractivity (Wildman–Crippen MR) is 100 cm³/mol. The minimum atomic E-state index is -0.913. The second-order valence-electron chi connectivity index (χ2n) is 5.79. The third-order valence-electron chi connectivity index (χ3n) is 4.10. The van der Waals surface area contributed by atoms with E-state index in [0.29, 0.717) is 11.6 Å². The average molecular weight is 349 g/mol. The minimum absolute atomic E-state index is 0.125. The van der Waals surface area contributed by atoms with Crippen LogP contribution in [0.1, 0.15) is 5.69 Å². The van der Waals surface area contributed by atoms with Gasteiger partial charge in [0.25, 0.3) is 0 Å². The highest BCUT2D eigenvalue weighted by molar-refractivity contribution is 6.04. The molecular weight excluding hydrogens is 330 g/mol. The Labute approximate surface area is 151 Å². The number of anilines is 1. The van der Waals surface area contributed by atoms with Gasteiger partial charge in [-0.1, -0.05) is 30.3 Å². The highest BCUT2D eigenvalue weighted by atomic mass is 16.5. The Balaban J connectivity index is 2.24. The first-order valence-corrected chi connectivity index (χ1v) is 8.18. The number of aromatic nitrogens is 1. The Hall–Kier alpha value is -3.14. The number of pyridine rings is 1. The summed E-state index contributed by atoms with van der Waals surface area (Å²) < 4.78 is 5.35. The van der Waals surface area contributed by atoms with E-state index in [-0.39, 0.29) is 18.8 Å². The summed E-state index contributed by atoms with van der Waals surface area (Å²) in [6, 6.07) is 17.3. The Morgan fingerprint density at radius 3 is 2.62 bits per heavy atom. The summed E-state index contributed by atoms with van der Waals surface area (Å²) in [5, 5.41) is 32.9. The largest absolute Gasteiger partial charge is 0.497 e. The zero-order chi connectivity index (χ0) is 18.5. The molecule has 1 atom stereocenters. The van der Waals surface area contributed by atoms with Crippen molar-refractivity contribution in [2.45, 2.75) is 6.10 Å². The van der Waals surface area contributed by atoms with Crippen LogP contribution < -0.4 is 10.1 Å². The third kappa shape index (κ3) is 3.45. The first kappa shape index (κ1) is 17.7. The molecule has 2 aromatic carbocycles. The molecule has 3 aromatic rings. The fraction of sp³-hybridized carbons (Fsp3) is 0.200. The average Bonchev–Trinajstić information content (AvgIpc) is 2.71. The lowest BCUT2D eigenvalue weighted by molar-refractivity contribution is 0.105. The number of hydrogen-bond acceptors (Lipinski definition) is 6. The number of rotatable bonds is 6. The summed E-state index contributed by atoms with van der Waals surface area (Å²) in [5.41, 5.74) is 1.89. The summed E-state index contributed by atoms with van der Waals surface area (Å²) in [7, 11) is 1.59. The summed E-state index contributed by atoms with van der Waals surface area (Å²) in [6.07, 6.45) is -0.913. The highest BCUT2D eigenvalue weighted by Gasteiger charge is 2.17. The Kier molecular flexibility index (Phi) is 5.32. The number of aliphatic hydroxyl groups excluding tert-OH is 2. The van der Waals surface area contributed by atoms with E-state index in [9.17, 15) is 10.4 Å². The van der Waals surface area contributed by atoms with Gasteiger partial charge in [0.1, 0.15) is 17.6 Å². The van der Waals surface area contributed by atoms with Crippen molar-refractivity contribution in [1.29, 1.82) is 5.26 Å². The van der Waals surface area contributed by atoms with E-state index in [4.69, 9.17) is 9.84 Å². The topological polar surface area (TPSA) is 98.4 Å². The van der Waals surface area contributed by atoms with E-state index in [1.807, 2.05) is 48.5 Å². The maximum atomic E-state index is 9.65. The van der Waals surface area contributed by atoms with Crippen molar-refractivity contribution in [2.24, 2.45) is 0 Å². The number of nitrogens with zero attached hydrogens (tertiary/aromatic N) is 2. The number of aliphatic hydroxyl groups is 2. The van der Waals surface area contributed by atoms with Gasteiger partial charge >= 0.3 is 0 Å². The number of hydrogen-bond donors (Lipinski definition) is 3. The summed E-state index contributed by atoms with van der Waals surface area (Å²) in [5.74, 6) is 1.15. The molecule has 0 radical (unpaired) electrons. The smallest absolute Gasteiger partial charge is 0.151 e. The molecule has 26 heavy (non-hydrogen) atoms. The number of methoxy groups -OCH3 is 1. The minimum Gasteiger partial charge on any atom is -0.497 e. The molecular formula is C20H19N3O3. The Morgan fingerprint density at radius 1 is 1.19 bits per heavy atom. The van der Waals surface area contributed by atoms with Crippen LogP contribution in [0.3, 0.4) is 0 Å². The summed E-state index contributed by atoms with van der Waals surface area (Å²) in [6.45, 7) is -0.230. The second kappa shape index (κ2) is 7.83. The van der Waals surface area contributed by atoms with Crippen LogP contribution in [0.5, 0.6) is 5.75 Å². The molecule has 0 fully saturated rings. The van der Waals surface area contributed by atoms with Crippen molar-refractivity contribution in [3.63, 3.8) is 0 Å². The monoisotopic (exact) mass is 349 g/mol. The second-order valence-corrected chi connectivity index (χ2v) is 5.79. The fourth-order valence-corrected chi connectivity index (χ4v) is 2.81. The van der Waals surface area contributed by atoms with E-state index in [1.54, 1.807) is 7.11 Å². The first-order chi connectivity index (χ1) is 12.7. The van der Waals surface area contributed by atoms with Gasteiger partial charge in [-0.2, -0.15) is 5.26 Å². The van der Waals surface area contributed by atoms with Crippen LogP contribution in [0.15, 0.2) is 48.5 Å². The van der Waals surface area contributed by atoms with Gasteiger partial charge in [0.2, 0.25) is 0 Å². The molecule has 0 bridgehead atoms. The lowest BCUT2D eigenvalue weighted by atomic mass is 9.97. The molecule has 0 saturated heterocycles. The van der Waals surface area contributed by atoms with Crippen LogP contribution in [0.2, 0.25) is 0 Å². The quantitative estimate of drug-likeness (QED) is 0.633. The molecule has 0 aliphatic rings. The van der Waals surface area contributed by atoms with Crippen molar-refractivity contribution in [3.05, 3.63) is 54.2 Å². The molecule has 0 unspecified atom stereocenters. The SMILES string of the molecule is COc1ccc2c(NC[C@@H](O)CO)nc(C#N)c(-c3ccccc3)c2c1. The third-order valence-corrected chi connectivity index (χ3v) is 4.10. The van der Waals surface area contributed by atoms with E-state index < -0.39 is 6.10 Å². The zero-order valence-electron chi connectivity index (χ0n) is 14.3. The van der Waals surface area contributed by atoms with Crippen LogP contribution >= 0.6 is 0 Å². The maximum Gasteiger partial charge on any atom is 0.151 e. The van der Waals surface area contributed by atoms with Crippen LogP contribution in [0.25, 0.3) is 21.9 Å². The fourth-order valence-electron chi connectivity index (χ4n) is 2.81. The maximum absolute atomic E-state index is 9.65. The van der Waals surface area contributed by atoms with Crippen molar-refractivity contribution in [3.8, 4) is 22.9 Å². The van der Waals surface area contributed by atoms with E-state index >= 15 is 0 Å².